The van der Waals surface area contributed by atoms with Crippen LogP contribution >= 0.6 is 11.8 Å². The molecule has 1 atom stereocenters. The van der Waals surface area contributed by atoms with Gasteiger partial charge in [0.05, 0.1) is 16.6 Å². The van der Waals surface area contributed by atoms with Gasteiger partial charge in [0.15, 0.2) is 0 Å². The molecule has 1 fully saturated rings. The third-order valence-electron chi connectivity index (χ3n) is 4.71. The van der Waals surface area contributed by atoms with Crippen LogP contribution < -0.4 is 5.43 Å². The summed E-state index contributed by atoms with van der Waals surface area (Å²) in [6.07, 6.45) is 7.09. The highest BCUT2D eigenvalue weighted by molar-refractivity contribution is 8.14. The zero-order valence-electron chi connectivity index (χ0n) is 11.9. The molecule has 2 aliphatic heterocycles. The fraction of sp³-hybridized carbons (Fsp3) is 0.438. The Morgan fingerprint density at radius 3 is 2.90 bits per heavy atom. The van der Waals surface area contributed by atoms with Crippen molar-refractivity contribution < 1.29 is 4.79 Å². The Morgan fingerprint density at radius 1 is 1.33 bits per heavy atom. The summed E-state index contributed by atoms with van der Waals surface area (Å²) < 4.78 is 0. The van der Waals surface area contributed by atoms with Gasteiger partial charge in [-0.15, -0.1) is 0 Å². The lowest BCUT2D eigenvalue weighted by molar-refractivity contribution is 0.261. The van der Waals surface area contributed by atoms with Crippen molar-refractivity contribution in [2.24, 2.45) is 10.1 Å². The average molecular weight is 299 g/mol. The van der Waals surface area contributed by atoms with Crippen molar-refractivity contribution in [1.29, 1.82) is 0 Å². The quantitative estimate of drug-likeness (QED) is 0.858. The van der Waals surface area contributed by atoms with E-state index in [1.54, 1.807) is 0 Å². The SMILES string of the molecule is CC1SC(=O)NN=C1c1ccc2c(c1)C1(C=N2)CCCC1. The zero-order valence-corrected chi connectivity index (χ0v) is 12.7. The van der Waals surface area contributed by atoms with Gasteiger partial charge in [0, 0.05) is 11.6 Å². The van der Waals surface area contributed by atoms with Crippen LogP contribution in [-0.4, -0.2) is 22.4 Å². The summed E-state index contributed by atoms with van der Waals surface area (Å²) in [5, 5.41) is 4.26. The fourth-order valence-electron chi connectivity index (χ4n) is 3.61. The predicted octanol–water partition coefficient (Wildman–Crippen LogP) is 3.76. The largest absolute Gasteiger partial charge is 0.299 e. The number of fused-ring (bicyclic) bond motifs is 2. The third kappa shape index (κ3) is 2.02. The van der Waals surface area contributed by atoms with E-state index in [2.05, 4.69) is 39.9 Å². The lowest BCUT2D eigenvalue weighted by Gasteiger charge is -2.23. The lowest BCUT2D eigenvalue weighted by atomic mass is 9.80. The number of rotatable bonds is 1. The van der Waals surface area contributed by atoms with Gasteiger partial charge in [-0.25, -0.2) is 5.43 Å². The average Bonchev–Trinajstić information content (AvgIpc) is 3.08. The number of nitrogens with one attached hydrogen (secondary N) is 1. The van der Waals surface area contributed by atoms with Gasteiger partial charge in [-0.1, -0.05) is 30.7 Å². The molecule has 1 aromatic carbocycles. The van der Waals surface area contributed by atoms with Crippen LogP contribution in [0.4, 0.5) is 10.5 Å². The van der Waals surface area contributed by atoms with Gasteiger partial charge in [-0.3, -0.25) is 9.79 Å². The first-order valence-corrected chi connectivity index (χ1v) is 8.30. The summed E-state index contributed by atoms with van der Waals surface area (Å²) in [6, 6.07) is 6.39. The van der Waals surface area contributed by atoms with E-state index >= 15 is 0 Å². The second kappa shape index (κ2) is 4.70. The topological polar surface area (TPSA) is 53.8 Å². The van der Waals surface area contributed by atoms with Gasteiger partial charge in [0.1, 0.15) is 0 Å². The third-order valence-corrected chi connectivity index (χ3v) is 5.59. The fourth-order valence-corrected chi connectivity index (χ4v) is 4.33. The van der Waals surface area contributed by atoms with E-state index in [1.165, 1.54) is 43.0 Å². The second-order valence-corrected chi connectivity index (χ2v) is 7.32. The van der Waals surface area contributed by atoms with E-state index in [0.29, 0.717) is 0 Å². The molecule has 0 aromatic heterocycles. The molecule has 4 nitrogen and oxygen atoms in total. The number of benzene rings is 1. The van der Waals surface area contributed by atoms with Gasteiger partial charge in [-0.05, 0) is 43.0 Å². The molecular formula is C16H17N3OS. The molecule has 1 unspecified atom stereocenters. The van der Waals surface area contributed by atoms with Crippen molar-refractivity contribution in [2.75, 3.05) is 0 Å². The Morgan fingerprint density at radius 2 is 2.14 bits per heavy atom. The number of thioether (sulfide) groups is 1. The first kappa shape index (κ1) is 13.1. The van der Waals surface area contributed by atoms with Gasteiger partial charge in [0.2, 0.25) is 0 Å². The van der Waals surface area contributed by atoms with E-state index in [9.17, 15) is 4.79 Å². The summed E-state index contributed by atoms with van der Waals surface area (Å²) in [5.74, 6) is 0. The number of hydrazone groups is 1. The van der Waals surface area contributed by atoms with Crippen LogP contribution in [-0.2, 0) is 5.41 Å². The molecule has 1 N–H and O–H groups in total. The Balaban J connectivity index is 1.75. The molecule has 21 heavy (non-hydrogen) atoms. The summed E-state index contributed by atoms with van der Waals surface area (Å²) in [7, 11) is 0. The van der Waals surface area contributed by atoms with Crippen molar-refractivity contribution in [1.82, 2.24) is 5.43 Å². The van der Waals surface area contributed by atoms with Gasteiger partial charge < -0.3 is 0 Å². The second-order valence-electron chi connectivity index (χ2n) is 6.01. The van der Waals surface area contributed by atoms with Crippen molar-refractivity contribution in [3.8, 4) is 0 Å². The standard InChI is InChI=1S/C16H17N3OS/c1-10-14(18-19-15(20)21-10)11-4-5-13-12(8-11)16(9-17-13)6-2-3-7-16/h4-5,8-10H,2-3,6-7H2,1H3,(H,19,20). The maximum Gasteiger partial charge on any atom is 0.299 e. The molecule has 1 spiro atoms. The van der Waals surface area contributed by atoms with E-state index in [1.807, 2.05) is 6.92 Å². The van der Waals surface area contributed by atoms with Crippen LogP contribution in [0.15, 0.2) is 28.3 Å². The first-order valence-electron chi connectivity index (χ1n) is 7.42. The minimum Gasteiger partial charge on any atom is -0.260 e. The number of hydrogen-bond acceptors (Lipinski definition) is 4. The van der Waals surface area contributed by atoms with Crippen molar-refractivity contribution >= 4 is 34.6 Å². The highest BCUT2D eigenvalue weighted by Crippen LogP contribution is 2.47. The molecule has 1 amide bonds. The Kier molecular flexibility index (Phi) is 2.92. The number of carbonyl (C=O) groups is 1. The molecule has 1 saturated carbocycles. The molecule has 2 heterocycles. The normalized spacial score (nSPS) is 25.9. The Labute approximate surface area is 128 Å². The molecule has 3 aliphatic rings. The highest BCUT2D eigenvalue weighted by atomic mass is 32.2. The predicted molar refractivity (Wildman–Crippen MR) is 86.9 cm³/mol. The van der Waals surface area contributed by atoms with Crippen LogP contribution in [0.5, 0.6) is 0 Å². The van der Waals surface area contributed by atoms with Crippen LogP contribution in [0.2, 0.25) is 0 Å². The van der Waals surface area contributed by atoms with Gasteiger partial charge >= 0.3 is 0 Å². The van der Waals surface area contributed by atoms with Crippen LogP contribution in [0.3, 0.4) is 0 Å². The summed E-state index contributed by atoms with van der Waals surface area (Å²) in [6.45, 7) is 2.03. The molecule has 0 radical (unpaired) electrons. The number of aliphatic imine (C=N–C) groups is 1. The maximum absolute atomic E-state index is 11.4. The summed E-state index contributed by atoms with van der Waals surface area (Å²) in [4.78, 5) is 16.0. The monoisotopic (exact) mass is 299 g/mol. The maximum atomic E-state index is 11.4. The van der Waals surface area contributed by atoms with Crippen molar-refractivity contribution in [3.05, 3.63) is 29.3 Å². The van der Waals surface area contributed by atoms with Gasteiger partial charge in [0.25, 0.3) is 5.24 Å². The molecule has 108 valence electrons. The number of amides is 1. The minimum absolute atomic E-state index is 0.0805. The molecule has 5 heteroatoms. The van der Waals surface area contributed by atoms with Crippen molar-refractivity contribution in [3.63, 3.8) is 0 Å². The molecule has 0 saturated heterocycles. The van der Waals surface area contributed by atoms with Gasteiger partial charge in [-0.2, -0.15) is 5.10 Å². The molecular weight excluding hydrogens is 282 g/mol. The highest BCUT2D eigenvalue weighted by Gasteiger charge is 2.39. The van der Waals surface area contributed by atoms with Crippen LogP contribution in [0.1, 0.15) is 43.7 Å². The number of carbonyl (C=O) groups excluding carboxylic acids is 1. The lowest BCUT2D eigenvalue weighted by Crippen LogP contribution is -2.30. The molecule has 0 bridgehead atoms. The summed E-state index contributed by atoms with van der Waals surface area (Å²) >= 11 is 1.29. The van der Waals surface area contributed by atoms with Crippen LogP contribution in [0, 0.1) is 0 Å². The van der Waals surface area contributed by atoms with E-state index in [-0.39, 0.29) is 15.9 Å². The van der Waals surface area contributed by atoms with E-state index in [0.717, 1.165) is 17.0 Å². The number of nitrogens with zero attached hydrogens (tertiary/aromatic N) is 2. The zero-order chi connectivity index (χ0) is 14.4. The van der Waals surface area contributed by atoms with Crippen LogP contribution in [0.25, 0.3) is 0 Å². The van der Waals surface area contributed by atoms with E-state index in [4.69, 9.17) is 0 Å². The van der Waals surface area contributed by atoms with Crippen molar-refractivity contribution in [2.45, 2.75) is 43.3 Å². The van der Waals surface area contributed by atoms with E-state index < -0.39 is 0 Å². The molecule has 1 aromatic rings. The minimum atomic E-state index is -0.0805. The Bertz CT molecular complexity index is 674. The smallest absolute Gasteiger partial charge is 0.260 e. The first-order chi connectivity index (χ1) is 10.2. The Hall–Kier alpha value is -1.62. The molecule has 1 aliphatic carbocycles. The molecule has 4 rings (SSSR count). The summed E-state index contributed by atoms with van der Waals surface area (Å²) in [5.41, 5.74) is 7.21. The number of hydrogen-bond donors (Lipinski definition) is 1.